The highest BCUT2D eigenvalue weighted by Gasteiger charge is 2.42. The number of nitrogens with one attached hydrogen (secondary N) is 1. The lowest BCUT2D eigenvalue weighted by molar-refractivity contribution is -0.122. The van der Waals surface area contributed by atoms with E-state index in [1.54, 1.807) is 0 Å². The van der Waals surface area contributed by atoms with E-state index in [2.05, 4.69) is 10.3 Å². The van der Waals surface area contributed by atoms with E-state index < -0.39 is 5.54 Å². The molecule has 2 heterocycles. The molecule has 70 valence electrons. The maximum Gasteiger partial charge on any atom is 0.181 e. The Hall–Kier alpha value is -1.16. The van der Waals surface area contributed by atoms with Gasteiger partial charge in [0.25, 0.3) is 0 Å². The molecule has 0 saturated carbocycles. The minimum absolute atomic E-state index is 0.173. The third kappa shape index (κ3) is 1.09. The molecule has 0 bridgehead atoms. The maximum atomic E-state index is 11.6. The lowest BCUT2D eigenvalue weighted by Crippen LogP contribution is -2.39. The third-order valence-electron chi connectivity index (χ3n) is 2.59. The maximum absolute atomic E-state index is 11.6. The molecular formula is C9H12N2O2. The number of carbonyl (C=O) groups excluding carboxylic acids is 1. The fraction of sp³-hybridized carbons (Fsp3) is 0.556. The number of aromatic nitrogens is 1. The Kier molecular flexibility index (Phi) is 1.73. The Morgan fingerprint density at radius 1 is 1.69 bits per heavy atom. The van der Waals surface area contributed by atoms with E-state index in [4.69, 9.17) is 4.42 Å². The second-order valence-electron chi connectivity index (χ2n) is 3.49. The van der Waals surface area contributed by atoms with Crippen molar-refractivity contribution >= 4 is 5.78 Å². The second-order valence-corrected chi connectivity index (χ2v) is 3.49. The van der Waals surface area contributed by atoms with Gasteiger partial charge in [0.05, 0.1) is 5.69 Å². The normalized spacial score (nSPS) is 28.3. The molecule has 13 heavy (non-hydrogen) atoms. The van der Waals surface area contributed by atoms with Crippen LogP contribution in [0.25, 0.3) is 0 Å². The van der Waals surface area contributed by atoms with Crippen molar-refractivity contribution in [1.29, 1.82) is 0 Å². The molecule has 4 heteroatoms. The molecule has 1 aliphatic rings. The van der Waals surface area contributed by atoms with Crippen LogP contribution in [0.2, 0.25) is 0 Å². The summed E-state index contributed by atoms with van der Waals surface area (Å²) in [6.07, 6.45) is 1.94. The first kappa shape index (κ1) is 8.44. The molecule has 0 spiro atoms. The number of hydrogen-bond donors (Lipinski definition) is 1. The molecular weight excluding hydrogens is 168 g/mol. The van der Waals surface area contributed by atoms with E-state index in [1.807, 2.05) is 13.8 Å². The van der Waals surface area contributed by atoms with Gasteiger partial charge in [-0.15, -0.1) is 0 Å². The minimum atomic E-state index is -0.652. The Bertz CT molecular complexity index is 345. The van der Waals surface area contributed by atoms with Crippen molar-refractivity contribution < 1.29 is 9.21 Å². The smallest absolute Gasteiger partial charge is 0.181 e. The van der Waals surface area contributed by atoms with E-state index in [0.717, 1.165) is 12.2 Å². The van der Waals surface area contributed by atoms with Gasteiger partial charge in [0.2, 0.25) is 0 Å². The fourth-order valence-corrected chi connectivity index (χ4v) is 1.76. The fourth-order valence-electron chi connectivity index (χ4n) is 1.76. The molecule has 1 unspecified atom stereocenters. The molecule has 0 radical (unpaired) electrons. The third-order valence-corrected chi connectivity index (χ3v) is 2.59. The van der Waals surface area contributed by atoms with E-state index in [1.165, 1.54) is 6.39 Å². The Balaban J connectivity index is 2.45. The van der Waals surface area contributed by atoms with Crippen LogP contribution in [0.15, 0.2) is 10.8 Å². The second kappa shape index (κ2) is 2.67. The first-order valence-corrected chi connectivity index (χ1v) is 4.33. The van der Waals surface area contributed by atoms with Crippen molar-refractivity contribution in [1.82, 2.24) is 10.3 Å². The largest absolute Gasteiger partial charge is 0.446 e. The molecule has 4 nitrogen and oxygen atoms in total. The first-order valence-electron chi connectivity index (χ1n) is 4.33. The minimum Gasteiger partial charge on any atom is -0.446 e. The molecule has 0 aliphatic carbocycles. The van der Waals surface area contributed by atoms with Gasteiger partial charge in [0.1, 0.15) is 5.54 Å². The van der Waals surface area contributed by atoms with Gasteiger partial charge >= 0.3 is 0 Å². The molecule has 1 atom stereocenters. The number of oxazole rings is 1. The van der Waals surface area contributed by atoms with Crippen LogP contribution < -0.4 is 5.32 Å². The van der Waals surface area contributed by atoms with Crippen LogP contribution in [0.3, 0.4) is 0 Å². The predicted octanol–water partition coefficient (Wildman–Crippen LogP) is 0.761. The average molecular weight is 180 g/mol. The molecule has 1 saturated heterocycles. The van der Waals surface area contributed by atoms with Crippen LogP contribution in [0, 0.1) is 6.92 Å². The van der Waals surface area contributed by atoms with Crippen LogP contribution in [0.4, 0.5) is 0 Å². The summed E-state index contributed by atoms with van der Waals surface area (Å²) in [5, 5.41) is 3.14. The average Bonchev–Trinajstić information content (AvgIpc) is 2.62. The highest BCUT2D eigenvalue weighted by molar-refractivity contribution is 5.90. The van der Waals surface area contributed by atoms with Gasteiger partial charge in [-0.25, -0.2) is 4.98 Å². The molecule has 1 aliphatic heterocycles. The summed E-state index contributed by atoms with van der Waals surface area (Å²) in [5.74, 6) is 0.822. The number of aryl methyl sites for hydroxylation is 1. The lowest BCUT2D eigenvalue weighted by Gasteiger charge is -2.19. The number of carbonyl (C=O) groups is 1. The van der Waals surface area contributed by atoms with Crippen molar-refractivity contribution in [2.75, 3.05) is 6.54 Å². The zero-order valence-electron chi connectivity index (χ0n) is 7.76. The molecule has 0 amide bonds. The van der Waals surface area contributed by atoms with Crippen LogP contribution >= 0.6 is 0 Å². The highest BCUT2D eigenvalue weighted by Crippen LogP contribution is 2.28. The van der Waals surface area contributed by atoms with Crippen molar-refractivity contribution in [3.05, 3.63) is 17.8 Å². The number of ketones is 1. The summed E-state index contributed by atoms with van der Waals surface area (Å²) in [7, 11) is 0. The molecule has 1 N–H and O–H groups in total. The van der Waals surface area contributed by atoms with Gasteiger partial charge in [-0.1, -0.05) is 0 Å². The summed E-state index contributed by atoms with van der Waals surface area (Å²) in [5.41, 5.74) is 0.130. The monoisotopic (exact) mass is 180 g/mol. The van der Waals surface area contributed by atoms with Gasteiger partial charge in [-0.2, -0.15) is 0 Å². The van der Waals surface area contributed by atoms with Gasteiger partial charge in [-0.05, 0) is 13.8 Å². The van der Waals surface area contributed by atoms with Gasteiger partial charge < -0.3 is 4.42 Å². The van der Waals surface area contributed by atoms with Crippen LogP contribution in [-0.2, 0) is 10.3 Å². The molecule has 1 aromatic rings. The van der Waals surface area contributed by atoms with Gasteiger partial charge in [-0.3, -0.25) is 10.1 Å². The Labute approximate surface area is 76.3 Å². The van der Waals surface area contributed by atoms with Crippen molar-refractivity contribution in [2.45, 2.75) is 25.8 Å². The topological polar surface area (TPSA) is 55.1 Å². The van der Waals surface area contributed by atoms with Crippen LogP contribution in [-0.4, -0.2) is 17.3 Å². The van der Waals surface area contributed by atoms with Crippen molar-refractivity contribution in [3.8, 4) is 0 Å². The Morgan fingerprint density at radius 3 is 2.92 bits per heavy atom. The quantitative estimate of drug-likeness (QED) is 0.693. The lowest BCUT2D eigenvalue weighted by atomic mass is 9.94. The Morgan fingerprint density at radius 2 is 2.46 bits per heavy atom. The summed E-state index contributed by atoms with van der Waals surface area (Å²) < 4.78 is 5.23. The van der Waals surface area contributed by atoms with Crippen LogP contribution in [0.5, 0.6) is 0 Å². The number of nitrogens with zero attached hydrogens (tertiary/aromatic N) is 1. The summed E-state index contributed by atoms with van der Waals surface area (Å²) in [6.45, 7) is 4.41. The van der Waals surface area contributed by atoms with Crippen LogP contribution in [0.1, 0.15) is 24.8 Å². The standard InChI is InChI=1S/C9H12N2O2/c1-6-8(13-5-10-6)9(2)7(12)3-4-11-9/h5,11H,3-4H2,1-2H3. The summed E-state index contributed by atoms with van der Waals surface area (Å²) in [6, 6.07) is 0. The van der Waals surface area contributed by atoms with E-state index in [9.17, 15) is 4.79 Å². The van der Waals surface area contributed by atoms with E-state index in [-0.39, 0.29) is 5.78 Å². The van der Waals surface area contributed by atoms with E-state index in [0.29, 0.717) is 12.2 Å². The van der Waals surface area contributed by atoms with Crippen molar-refractivity contribution in [2.24, 2.45) is 0 Å². The van der Waals surface area contributed by atoms with E-state index >= 15 is 0 Å². The number of rotatable bonds is 1. The summed E-state index contributed by atoms with van der Waals surface area (Å²) in [4.78, 5) is 15.6. The summed E-state index contributed by atoms with van der Waals surface area (Å²) >= 11 is 0. The van der Waals surface area contributed by atoms with Crippen molar-refractivity contribution in [3.63, 3.8) is 0 Å². The number of hydrogen-bond acceptors (Lipinski definition) is 4. The number of Topliss-reactive ketones (excluding diaryl/α,β-unsaturated/α-hetero) is 1. The SMILES string of the molecule is Cc1ncoc1C1(C)NCCC1=O. The van der Waals surface area contributed by atoms with Gasteiger partial charge in [0.15, 0.2) is 17.9 Å². The van der Waals surface area contributed by atoms with Gasteiger partial charge in [0, 0.05) is 13.0 Å². The molecule has 1 fully saturated rings. The zero-order chi connectivity index (χ0) is 9.47. The highest BCUT2D eigenvalue weighted by atomic mass is 16.3. The molecule has 0 aromatic carbocycles. The molecule has 2 rings (SSSR count). The zero-order valence-corrected chi connectivity index (χ0v) is 7.76. The predicted molar refractivity (Wildman–Crippen MR) is 46.2 cm³/mol. The first-order chi connectivity index (χ1) is 6.14. The molecule has 1 aromatic heterocycles.